The predicted octanol–water partition coefficient (Wildman–Crippen LogP) is 1.93. The van der Waals surface area contributed by atoms with E-state index in [1.165, 1.54) is 0 Å². The van der Waals surface area contributed by atoms with Crippen molar-refractivity contribution in [2.24, 2.45) is 0 Å². The van der Waals surface area contributed by atoms with Gasteiger partial charge in [-0.3, -0.25) is 4.79 Å². The van der Waals surface area contributed by atoms with Crippen LogP contribution in [-0.2, 0) is 4.79 Å². The van der Waals surface area contributed by atoms with Crippen LogP contribution in [0.25, 0.3) is 0 Å². The molecule has 0 aliphatic heterocycles. The zero-order chi connectivity index (χ0) is 7.56. The molecule has 54 valence electrons. The summed E-state index contributed by atoms with van der Waals surface area (Å²) in [6, 6.07) is 0. The molecular formula is C7H9NOS. The Morgan fingerprint density at radius 1 is 1.60 bits per heavy atom. The van der Waals surface area contributed by atoms with Gasteiger partial charge in [-0.1, -0.05) is 0 Å². The summed E-state index contributed by atoms with van der Waals surface area (Å²) in [6.07, 6.45) is 0.710. The third-order valence-electron chi connectivity index (χ3n) is 1.36. The summed E-state index contributed by atoms with van der Waals surface area (Å²) < 4.78 is 0. The van der Waals surface area contributed by atoms with Crippen LogP contribution in [0.1, 0.15) is 10.4 Å². The molecule has 1 rings (SSSR count). The summed E-state index contributed by atoms with van der Waals surface area (Å²) in [4.78, 5) is 11.2. The molecule has 3 heteroatoms. The summed E-state index contributed by atoms with van der Waals surface area (Å²) in [5, 5.41) is 4.68. The van der Waals surface area contributed by atoms with E-state index >= 15 is 0 Å². The van der Waals surface area contributed by atoms with Crippen molar-refractivity contribution >= 4 is 23.4 Å². The zero-order valence-electron chi connectivity index (χ0n) is 5.97. The van der Waals surface area contributed by atoms with Crippen molar-refractivity contribution in [1.82, 2.24) is 0 Å². The number of rotatable bonds is 2. The summed E-state index contributed by atoms with van der Waals surface area (Å²) in [5.74, 6) is 0. The molecule has 0 radical (unpaired) electrons. The number of thiophene rings is 1. The summed E-state index contributed by atoms with van der Waals surface area (Å²) in [7, 11) is 0. The quantitative estimate of drug-likeness (QED) is 0.650. The zero-order valence-corrected chi connectivity index (χ0v) is 6.79. The normalized spacial score (nSPS) is 9.40. The van der Waals surface area contributed by atoms with Crippen LogP contribution in [0.5, 0.6) is 0 Å². The van der Waals surface area contributed by atoms with Gasteiger partial charge in [0.15, 0.2) is 0 Å². The highest BCUT2D eigenvalue weighted by Gasteiger charge is 2.01. The van der Waals surface area contributed by atoms with Gasteiger partial charge >= 0.3 is 0 Å². The third kappa shape index (κ3) is 1.19. The van der Waals surface area contributed by atoms with E-state index in [0.29, 0.717) is 6.41 Å². The van der Waals surface area contributed by atoms with Gasteiger partial charge in [-0.05, 0) is 24.8 Å². The van der Waals surface area contributed by atoms with Gasteiger partial charge in [0.25, 0.3) is 0 Å². The van der Waals surface area contributed by atoms with E-state index in [-0.39, 0.29) is 0 Å². The molecule has 0 unspecified atom stereocenters. The third-order valence-corrected chi connectivity index (χ3v) is 2.39. The second kappa shape index (κ2) is 2.84. The van der Waals surface area contributed by atoms with Crippen LogP contribution in [0, 0.1) is 13.8 Å². The molecule has 0 aromatic carbocycles. The molecule has 0 spiro atoms. The fourth-order valence-electron chi connectivity index (χ4n) is 0.847. The molecule has 0 fully saturated rings. The summed E-state index contributed by atoms with van der Waals surface area (Å²) in [6.45, 7) is 3.97. The highest BCUT2D eigenvalue weighted by Crippen LogP contribution is 2.25. The number of anilines is 1. The number of nitrogens with one attached hydrogen (secondary N) is 1. The molecule has 1 aromatic rings. The van der Waals surface area contributed by atoms with E-state index in [9.17, 15) is 4.79 Å². The average Bonchev–Trinajstić information content (AvgIpc) is 2.20. The van der Waals surface area contributed by atoms with Crippen LogP contribution in [-0.4, -0.2) is 6.41 Å². The van der Waals surface area contributed by atoms with Crippen molar-refractivity contribution in [3.8, 4) is 0 Å². The van der Waals surface area contributed by atoms with E-state index in [1.807, 2.05) is 19.2 Å². The van der Waals surface area contributed by atoms with Crippen molar-refractivity contribution in [2.45, 2.75) is 13.8 Å². The number of amides is 1. The lowest BCUT2D eigenvalue weighted by Gasteiger charge is -1.96. The van der Waals surface area contributed by atoms with Gasteiger partial charge in [-0.25, -0.2) is 0 Å². The Balaban J connectivity index is 2.97. The second-order valence-electron chi connectivity index (χ2n) is 2.11. The molecule has 10 heavy (non-hydrogen) atoms. The van der Waals surface area contributed by atoms with Gasteiger partial charge in [0.1, 0.15) is 0 Å². The van der Waals surface area contributed by atoms with Crippen molar-refractivity contribution in [3.63, 3.8) is 0 Å². The standard InChI is InChI=1S/C7H9NOS/c1-5-3-10-6(2)7(5)8-4-9/h3-4H,1-2H3,(H,8,9). The van der Waals surface area contributed by atoms with Gasteiger partial charge in [-0.15, -0.1) is 11.3 Å². The lowest BCUT2D eigenvalue weighted by Crippen LogP contribution is -1.94. The Bertz CT molecular complexity index is 222. The van der Waals surface area contributed by atoms with Crippen LogP contribution in [0.2, 0.25) is 0 Å². The Hall–Kier alpha value is -0.830. The molecule has 0 aliphatic rings. The molecule has 2 nitrogen and oxygen atoms in total. The first-order valence-corrected chi connectivity index (χ1v) is 3.88. The monoisotopic (exact) mass is 155 g/mol. The van der Waals surface area contributed by atoms with Crippen LogP contribution in [0.3, 0.4) is 0 Å². The topological polar surface area (TPSA) is 29.1 Å². The van der Waals surface area contributed by atoms with Gasteiger partial charge in [0, 0.05) is 4.88 Å². The van der Waals surface area contributed by atoms with Crippen LogP contribution in [0.15, 0.2) is 5.38 Å². The van der Waals surface area contributed by atoms with Crippen LogP contribution < -0.4 is 5.32 Å². The minimum atomic E-state index is 0.710. The lowest BCUT2D eigenvalue weighted by atomic mass is 10.3. The maximum Gasteiger partial charge on any atom is 0.211 e. The summed E-state index contributed by atoms with van der Waals surface area (Å²) >= 11 is 1.65. The lowest BCUT2D eigenvalue weighted by molar-refractivity contribution is -0.105. The smallest absolute Gasteiger partial charge is 0.211 e. The molecule has 1 N–H and O–H groups in total. The molecule has 0 saturated carbocycles. The molecule has 1 amide bonds. The Labute approximate surface area is 63.9 Å². The van der Waals surface area contributed by atoms with Crippen molar-refractivity contribution in [3.05, 3.63) is 15.8 Å². The van der Waals surface area contributed by atoms with Crippen LogP contribution in [0.4, 0.5) is 5.69 Å². The molecule has 1 heterocycles. The highest BCUT2D eigenvalue weighted by molar-refractivity contribution is 7.10. The van der Waals surface area contributed by atoms with E-state index in [4.69, 9.17) is 0 Å². The Morgan fingerprint density at radius 2 is 2.30 bits per heavy atom. The predicted molar refractivity (Wildman–Crippen MR) is 43.5 cm³/mol. The molecule has 0 atom stereocenters. The maximum atomic E-state index is 10.1. The number of hydrogen-bond acceptors (Lipinski definition) is 2. The molecule has 0 bridgehead atoms. The van der Waals surface area contributed by atoms with Gasteiger partial charge in [0.05, 0.1) is 5.69 Å². The van der Waals surface area contributed by atoms with Crippen LogP contribution >= 0.6 is 11.3 Å². The van der Waals surface area contributed by atoms with Crippen molar-refractivity contribution < 1.29 is 4.79 Å². The second-order valence-corrected chi connectivity index (χ2v) is 3.20. The first-order valence-electron chi connectivity index (χ1n) is 3.00. The van der Waals surface area contributed by atoms with Crippen molar-refractivity contribution in [1.29, 1.82) is 0 Å². The number of aryl methyl sites for hydroxylation is 2. The van der Waals surface area contributed by atoms with E-state index in [1.54, 1.807) is 11.3 Å². The van der Waals surface area contributed by atoms with Gasteiger partial charge in [0.2, 0.25) is 6.41 Å². The number of carbonyl (C=O) groups is 1. The van der Waals surface area contributed by atoms with Crippen molar-refractivity contribution in [2.75, 3.05) is 5.32 Å². The SMILES string of the molecule is Cc1csc(C)c1NC=O. The largest absolute Gasteiger partial charge is 0.328 e. The fourth-order valence-corrected chi connectivity index (χ4v) is 1.66. The Morgan fingerprint density at radius 3 is 2.70 bits per heavy atom. The van der Waals surface area contributed by atoms with E-state index < -0.39 is 0 Å². The van der Waals surface area contributed by atoms with E-state index in [0.717, 1.165) is 16.1 Å². The van der Waals surface area contributed by atoms with Gasteiger partial charge < -0.3 is 5.32 Å². The molecule has 1 aromatic heterocycles. The molecule has 0 aliphatic carbocycles. The first-order chi connectivity index (χ1) is 4.75. The number of hydrogen-bond donors (Lipinski definition) is 1. The highest BCUT2D eigenvalue weighted by atomic mass is 32.1. The first kappa shape index (κ1) is 7.28. The maximum absolute atomic E-state index is 10.1. The molecular weight excluding hydrogens is 146 g/mol. The average molecular weight is 155 g/mol. The molecule has 0 saturated heterocycles. The minimum absolute atomic E-state index is 0.710. The van der Waals surface area contributed by atoms with E-state index in [2.05, 4.69) is 5.32 Å². The summed E-state index contributed by atoms with van der Waals surface area (Å²) in [5.41, 5.74) is 2.09. The fraction of sp³-hybridized carbons (Fsp3) is 0.286. The van der Waals surface area contributed by atoms with Gasteiger partial charge in [-0.2, -0.15) is 0 Å². The number of carbonyl (C=O) groups excluding carboxylic acids is 1. The Kier molecular flexibility index (Phi) is 2.06. The minimum Gasteiger partial charge on any atom is -0.328 e.